The zero-order valence-corrected chi connectivity index (χ0v) is 17.0. The minimum absolute atomic E-state index is 0.0295. The van der Waals surface area contributed by atoms with E-state index in [1.807, 2.05) is 65.6 Å². The van der Waals surface area contributed by atoms with Crippen molar-refractivity contribution < 1.29 is 23.7 Å². The summed E-state index contributed by atoms with van der Waals surface area (Å²) in [5.74, 6) is -2.96. The molecule has 4 nitrogen and oxygen atoms in total. The van der Waals surface area contributed by atoms with E-state index in [4.69, 9.17) is 4.74 Å². The maximum Gasteiger partial charge on any atom is 0.257 e. The maximum absolute atomic E-state index is 13.3. The molecule has 3 atom stereocenters. The fourth-order valence-corrected chi connectivity index (χ4v) is 4.72. The van der Waals surface area contributed by atoms with Gasteiger partial charge in [0.05, 0.1) is 6.61 Å². The number of hydrogen-bond acceptors (Lipinski definition) is 4. The van der Waals surface area contributed by atoms with E-state index in [-0.39, 0.29) is 13.2 Å². The standard InChI is InChI=1S/C25H25F2NO3/c26-25(27)23-12-28(13-24(23)25)11-19(30)15-31-20-9-18-5-1-2-7-21(18)22(10-20)17-6-3-4-16(8-17)14-29/h1-10,19,23-24,29-30H,11-15H2. The lowest BCUT2D eigenvalue weighted by Gasteiger charge is -2.23. The number of β-amino-alcohol motifs (C(OH)–C–C–N with tert-alkyl or cyclic N) is 1. The van der Waals surface area contributed by atoms with Crippen LogP contribution in [-0.4, -0.2) is 53.4 Å². The molecule has 3 unspecified atom stereocenters. The van der Waals surface area contributed by atoms with Crippen LogP contribution in [-0.2, 0) is 6.61 Å². The van der Waals surface area contributed by atoms with Crippen molar-refractivity contribution in [3.05, 3.63) is 66.2 Å². The first-order valence-corrected chi connectivity index (χ1v) is 10.6. The third-order valence-corrected chi connectivity index (χ3v) is 6.44. The van der Waals surface area contributed by atoms with Crippen molar-refractivity contribution in [1.29, 1.82) is 0 Å². The maximum atomic E-state index is 13.3. The predicted molar refractivity (Wildman–Crippen MR) is 115 cm³/mol. The molecule has 1 saturated carbocycles. The second-order valence-electron chi connectivity index (χ2n) is 8.62. The zero-order valence-electron chi connectivity index (χ0n) is 17.0. The minimum atomic E-state index is -2.51. The van der Waals surface area contributed by atoms with E-state index in [9.17, 15) is 19.0 Å². The number of aliphatic hydroxyl groups excluding tert-OH is 2. The van der Waals surface area contributed by atoms with E-state index in [0.717, 1.165) is 27.5 Å². The number of fused-ring (bicyclic) bond motifs is 2. The van der Waals surface area contributed by atoms with Gasteiger partial charge in [0.25, 0.3) is 5.92 Å². The summed E-state index contributed by atoms with van der Waals surface area (Å²) in [4.78, 5) is 1.90. The summed E-state index contributed by atoms with van der Waals surface area (Å²) < 4.78 is 32.6. The minimum Gasteiger partial charge on any atom is -0.491 e. The van der Waals surface area contributed by atoms with E-state index in [1.165, 1.54) is 0 Å². The van der Waals surface area contributed by atoms with E-state index < -0.39 is 23.9 Å². The number of benzene rings is 3. The number of ether oxygens (including phenoxy) is 1. The molecule has 3 aromatic carbocycles. The summed E-state index contributed by atoms with van der Waals surface area (Å²) in [6.45, 7) is 1.09. The molecule has 31 heavy (non-hydrogen) atoms. The molecule has 5 rings (SSSR count). The van der Waals surface area contributed by atoms with Gasteiger partial charge in [-0.15, -0.1) is 0 Å². The first-order valence-electron chi connectivity index (χ1n) is 10.6. The van der Waals surface area contributed by atoms with Gasteiger partial charge in [0.15, 0.2) is 0 Å². The average Bonchev–Trinajstić information content (AvgIpc) is 3.10. The number of rotatable bonds is 7. The summed E-state index contributed by atoms with van der Waals surface area (Å²) in [5, 5.41) is 22.0. The van der Waals surface area contributed by atoms with Crippen LogP contribution in [0, 0.1) is 11.8 Å². The molecular weight excluding hydrogens is 400 g/mol. The van der Waals surface area contributed by atoms with Crippen LogP contribution in [0.5, 0.6) is 5.75 Å². The Morgan fingerprint density at radius 2 is 1.81 bits per heavy atom. The van der Waals surface area contributed by atoms with Crippen LogP contribution in [0.15, 0.2) is 60.7 Å². The fraction of sp³-hybridized carbons (Fsp3) is 0.360. The van der Waals surface area contributed by atoms with Gasteiger partial charge in [-0.25, -0.2) is 8.78 Å². The molecule has 0 spiro atoms. The van der Waals surface area contributed by atoms with E-state index in [1.54, 1.807) is 0 Å². The molecule has 1 aliphatic heterocycles. The van der Waals surface area contributed by atoms with Crippen LogP contribution >= 0.6 is 0 Å². The quantitative estimate of drug-likeness (QED) is 0.602. The molecule has 2 fully saturated rings. The highest BCUT2D eigenvalue weighted by atomic mass is 19.3. The van der Waals surface area contributed by atoms with Crippen molar-refractivity contribution >= 4 is 10.8 Å². The van der Waals surface area contributed by atoms with Crippen molar-refractivity contribution in [2.75, 3.05) is 26.2 Å². The highest BCUT2D eigenvalue weighted by Gasteiger charge is 2.71. The van der Waals surface area contributed by atoms with Gasteiger partial charge in [-0.2, -0.15) is 0 Å². The summed E-state index contributed by atoms with van der Waals surface area (Å²) in [6.07, 6.45) is -0.751. The lowest BCUT2D eigenvalue weighted by atomic mass is 9.96. The van der Waals surface area contributed by atoms with Gasteiger partial charge >= 0.3 is 0 Å². The van der Waals surface area contributed by atoms with E-state index in [2.05, 4.69) is 0 Å². The lowest BCUT2D eigenvalue weighted by Crippen LogP contribution is -2.37. The topological polar surface area (TPSA) is 52.9 Å². The third-order valence-electron chi connectivity index (χ3n) is 6.44. The largest absolute Gasteiger partial charge is 0.491 e. The van der Waals surface area contributed by atoms with Crippen LogP contribution in [0.3, 0.4) is 0 Å². The van der Waals surface area contributed by atoms with E-state index >= 15 is 0 Å². The molecule has 1 aliphatic carbocycles. The van der Waals surface area contributed by atoms with Crippen LogP contribution < -0.4 is 4.74 Å². The van der Waals surface area contributed by atoms with Crippen molar-refractivity contribution in [1.82, 2.24) is 4.90 Å². The third kappa shape index (κ3) is 3.91. The summed E-state index contributed by atoms with van der Waals surface area (Å²) in [7, 11) is 0. The number of likely N-dealkylation sites (tertiary alicyclic amines) is 1. The lowest BCUT2D eigenvalue weighted by molar-refractivity contribution is 0.0302. The van der Waals surface area contributed by atoms with Crippen molar-refractivity contribution in [2.24, 2.45) is 11.8 Å². The first-order chi connectivity index (χ1) is 15.0. The molecule has 0 bridgehead atoms. The monoisotopic (exact) mass is 425 g/mol. The Balaban J connectivity index is 1.31. The Labute approximate surface area is 179 Å². The predicted octanol–water partition coefficient (Wildman–Crippen LogP) is 3.94. The Kier molecular flexibility index (Phi) is 5.16. The number of aliphatic hydroxyl groups is 2. The van der Waals surface area contributed by atoms with Gasteiger partial charge in [0.2, 0.25) is 0 Å². The van der Waals surface area contributed by atoms with Crippen LogP contribution in [0.1, 0.15) is 5.56 Å². The highest BCUT2D eigenvalue weighted by Crippen LogP contribution is 2.59. The molecular formula is C25H25F2NO3. The number of piperidine rings is 1. The van der Waals surface area contributed by atoms with Gasteiger partial charge < -0.3 is 14.9 Å². The molecule has 2 N–H and O–H groups in total. The van der Waals surface area contributed by atoms with Crippen LogP contribution in [0.2, 0.25) is 0 Å². The van der Waals surface area contributed by atoms with Crippen molar-refractivity contribution in [3.8, 4) is 16.9 Å². The Morgan fingerprint density at radius 3 is 2.58 bits per heavy atom. The van der Waals surface area contributed by atoms with Crippen LogP contribution in [0.25, 0.3) is 21.9 Å². The summed E-state index contributed by atoms with van der Waals surface area (Å²) >= 11 is 0. The fourth-order valence-electron chi connectivity index (χ4n) is 4.72. The Bertz CT molecular complexity index is 1090. The van der Waals surface area contributed by atoms with Crippen molar-refractivity contribution in [2.45, 2.75) is 18.6 Å². The molecule has 6 heteroatoms. The Morgan fingerprint density at radius 1 is 1.03 bits per heavy atom. The Hall–Kier alpha value is -2.54. The second-order valence-corrected chi connectivity index (χ2v) is 8.62. The van der Waals surface area contributed by atoms with E-state index in [0.29, 0.717) is 25.4 Å². The van der Waals surface area contributed by atoms with Gasteiger partial charge in [-0.1, -0.05) is 42.5 Å². The zero-order chi connectivity index (χ0) is 21.6. The average molecular weight is 425 g/mol. The molecule has 1 heterocycles. The summed E-state index contributed by atoms with van der Waals surface area (Å²) in [5.41, 5.74) is 2.79. The first kappa shape index (κ1) is 20.4. The van der Waals surface area contributed by atoms with Crippen LogP contribution in [0.4, 0.5) is 8.78 Å². The molecule has 1 saturated heterocycles. The SMILES string of the molecule is OCc1cccc(-c2cc(OCC(O)CN3CC4C(C3)C4(F)F)cc3ccccc23)c1. The number of hydrogen-bond donors (Lipinski definition) is 2. The highest BCUT2D eigenvalue weighted by molar-refractivity contribution is 5.98. The van der Waals surface area contributed by atoms with Gasteiger partial charge in [-0.05, 0) is 45.7 Å². The van der Waals surface area contributed by atoms with Gasteiger partial charge in [0, 0.05) is 31.5 Å². The number of halogens is 2. The molecule has 162 valence electrons. The normalized spacial score (nSPS) is 23.0. The molecule has 0 radical (unpaired) electrons. The molecule has 3 aromatic rings. The number of alkyl halides is 2. The molecule has 2 aliphatic rings. The molecule has 0 aromatic heterocycles. The van der Waals surface area contributed by atoms with Gasteiger partial charge in [-0.3, -0.25) is 4.90 Å². The smallest absolute Gasteiger partial charge is 0.257 e. The summed E-state index contributed by atoms with van der Waals surface area (Å²) in [6, 6.07) is 19.6. The second kappa shape index (κ2) is 7.86. The number of nitrogens with zero attached hydrogens (tertiary/aromatic N) is 1. The molecule has 0 amide bonds. The van der Waals surface area contributed by atoms with Crippen molar-refractivity contribution in [3.63, 3.8) is 0 Å². The van der Waals surface area contributed by atoms with Gasteiger partial charge in [0.1, 0.15) is 18.5 Å².